The number of Topliss-reactive ketones (excluding diaryl/α,β-unsaturated/α-hetero) is 1. The molecule has 1 aromatic rings. The van der Waals surface area contributed by atoms with Crippen LogP contribution in [0.4, 0.5) is 5.69 Å². The van der Waals surface area contributed by atoms with Gasteiger partial charge in [0, 0.05) is 16.1 Å². The zero-order valence-electron chi connectivity index (χ0n) is 15.3. The molecule has 0 bridgehead atoms. The number of nitrogens with zero attached hydrogens (tertiary/aromatic N) is 3. The summed E-state index contributed by atoms with van der Waals surface area (Å²) >= 11 is 3.39. The molecule has 0 saturated carbocycles. The van der Waals surface area contributed by atoms with E-state index in [9.17, 15) is 14.4 Å². The van der Waals surface area contributed by atoms with Crippen molar-refractivity contribution in [3.05, 3.63) is 40.9 Å². The van der Waals surface area contributed by atoms with Crippen LogP contribution in [0.2, 0.25) is 0 Å². The Kier molecular flexibility index (Phi) is 4.10. The van der Waals surface area contributed by atoms with E-state index in [4.69, 9.17) is 0 Å². The monoisotopic (exact) mass is 429 g/mol. The molecule has 4 atom stereocenters. The van der Waals surface area contributed by atoms with Gasteiger partial charge in [0.15, 0.2) is 5.78 Å². The molecule has 1 aromatic carbocycles. The number of anilines is 1. The van der Waals surface area contributed by atoms with E-state index in [2.05, 4.69) is 21.0 Å². The maximum Gasteiger partial charge on any atom is 0.240 e. The molecule has 2 fully saturated rings. The maximum atomic E-state index is 13.3. The summed E-state index contributed by atoms with van der Waals surface area (Å²) in [6.45, 7) is 5.48. The number of ketones is 1. The normalized spacial score (nSPS) is 29.3. The molecular weight excluding hydrogens is 410 g/mol. The van der Waals surface area contributed by atoms with Crippen molar-refractivity contribution in [3.63, 3.8) is 0 Å². The smallest absolute Gasteiger partial charge is 0.240 e. The van der Waals surface area contributed by atoms with Crippen molar-refractivity contribution in [2.45, 2.75) is 32.9 Å². The molecule has 3 heterocycles. The van der Waals surface area contributed by atoms with Crippen LogP contribution in [-0.4, -0.2) is 40.9 Å². The Balaban J connectivity index is 1.80. The highest BCUT2D eigenvalue weighted by atomic mass is 79.9. The molecule has 2 amide bonds. The number of amides is 2. The van der Waals surface area contributed by atoms with Crippen LogP contribution in [0, 0.1) is 17.3 Å². The molecule has 0 aromatic heterocycles. The van der Waals surface area contributed by atoms with E-state index < -0.39 is 23.3 Å². The van der Waals surface area contributed by atoms with Crippen LogP contribution in [0.25, 0.3) is 0 Å². The molecule has 3 aliphatic heterocycles. The molecule has 0 radical (unpaired) electrons. The largest absolute Gasteiger partial charge is 0.297 e. The van der Waals surface area contributed by atoms with Gasteiger partial charge in [-0.3, -0.25) is 19.4 Å². The third-order valence-corrected chi connectivity index (χ3v) is 5.86. The Morgan fingerprint density at radius 1 is 1.15 bits per heavy atom. The number of allylic oxidation sites excluding steroid dienone is 1. The van der Waals surface area contributed by atoms with Crippen molar-refractivity contribution in [1.29, 1.82) is 0 Å². The van der Waals surface area contributed by atoms with Gasteiger partial charge in [-0.1, -0.05) is 48.8 Å². The first-order chi connectivity index (χ1) is 12.7. The van der Waals surface area contributed by atoms with Crippen LogP contribution in [0.15, 0.2) is 46.0 Å². The van der Waals surface area contributed by atoms with E-state index in [1.165, 1.54) is 4.90 Å². The number of halogens is 1. The zero-order valence-corrected chi connectivity index (χ0v) is 16.9. The predicted molar refractivity (Wildman–Crippen MR) is 105 cm³/mol. The van der Waals surface area contributed by atoms with Crippen LogP contribution >= 0.6 is 15.9 Å². The Bertz CT molecular complexity index is 902. The van der Waals surface area contributed by atoms with Gasteiger partial charge in [0.05, 0.1) is 23.6 Å². The molecule has 2 saturated heterocycles. The average molecular weight is 430 g/mol. The van der Waals surface area contributed by atoms with E-state index in [1.54, 1.807) is 35.5 Å². The van der Waals surface area contributed by atoms with E-state index in [-0.39, 0.29) is 23.6 Å². The average Bonchev–Trinajstić information content (AvgIpc) is 3.07. The fourth-order valence-corrected chi connectivity index (χ4v) is 4.54. The molecular formula is C20H20BrN3O3. The highest BCUT2D eigenvalue weighted by Crippen LogP contribution is 2.47. The van der Waals surface area contributed by atoms with Crippen molar-refractivity contribution in [2.75, 3.05) is 4.90 Å². The van der Waals surface area contributed by atoms with Crippen molar-refractivity contribution in [1.82, 2.24) is 5.01 Å². The summed E-state index contributed by atoms with van der Waals surface area (Å²) in [7, 11) is 0. The molecule has 0 aliphatic carbocycles. The zero-order chi connectivity index (χ0) is 19.5. The molecule has 7 heteroatoms. The number of carbonyl (C=O) groups excluding carboxylic acids is 3. The third-order valence-electron chi connectivity index (χ3n) is 5.37. The second-order valence-electron chi connectivity index (χ2n) is 8.12. The summed E-state index contributed by atoms with van der Waals surface area (Å²) in [5, 5.41) is 5.99. The molecule has 0 unspecified atom stereocenters. The van der Waals surface area contributed by atoms with E-state index in [0.717, 1.165) is 4.47 Å². The van der Waals surface area contributed by atoms with Crippen LogP contribution in [0.5, 0.6) is 0 Å². The summed E-state index contributed by atoms with van der Waals surface area (Å²) in [5.41, 5.74) is -0.126. The molecule has 140 valence electrons. The van der Waals surface area contributed by atoms with E-state index in [0.29, 0.717) is 5.69 Å². The molecule has 27 heavy (non-hydrogen) atoms. The standard InChI is InChI=1S/C20H20BrN3O3/c1-20(2,3)17(25)16-15-14(13-8-5-9-22-24(13)16)18(26)23(19(15)27)12-7-4-6-11(21)10-12/h4-10,13-16H,1-3H3/t13-,14-,15-,16+/m0/s1. The number of hydrogen-bond donors (Lipinski definition) is 0. The maximum absolute atomic E-state index is 13.3. The minimum Gasteiger partial charge on any atom is -0.297 e. The van der Waals surface area contributed by atoms with E-state index in [1.807, 2.05) is 32.9 Å². The number of fused-ring (bicyclic) bond motifs is 3. The fraction of sp³-hybridized carbons (Fsp3) is 0.400. The van der Waals surface area contributed by atoms with Gasteiger partial charge in [0.2, 0.25) is 11.8 Å². The summed E-state index contributed by atoms with van der Waals surface area (Å²) in [5.74, 6) is -2.02. The van der Waals surface area contributed by atoms with Gasteiger partial charge >= 0.3 is 0 Å². The fourth-order valence-electron chi connectivity index (χ4n) is 4.15. The highest BCUT2D eigenvalue weighted by Gasteiger charge is 2.64. The van der Waals surface area contributed by atoms with Gasteiger partial charge < -0.3 is 0 Å². The topological polar surface area (TPSA) is 70.0 Å². The first-order valence-corrected chi connectivity index (χ1v) is 9.68. The minimum absolute atomic E-state index is 0.0790. The lowest BCUT2D eigenvalue weighted by Gasteiger charge is -2.33. The van der Waals surface area contributed by atoms with Crippen molar-refractivity contribution in [3.8, 4) is 0 Å². The van der Waals surface area contributed by atoms with Crippen molar-refractivity contribution in [2.24, 2.45) is 22.4 Å². The Morgan fingerprint density at radius 3 is 2.52 bits per heavy atom. The van der Waals surface area contributed by atoms with Gasteiger partial charge in [-0.15, -0.1) is 0 Å². The second kappa shape index (κ2) is 6.12. The molecule has 6 nitrogen and oxygen atoms in total. The summed E-state index contributed by atoms with van der Waals surface area (Å²) in [4.78, 5) is 41.0. The highest BCUT2D eigenvalue weighted by molar-refractivity contribution is 9.10. The third kappa shape index (κ3) is 2.67. The number of imide groups is 1. The van der Waals surface area contributed by atoms with E-state index >= 15 is 0 Å². The lowest BCUT2D eigenvalue weighted by Crippen LogP contribution is -2.49. The SMILES string of the molecule is CC(C)(C)C(=O)[C@H]1[C@H]2C(=O)N(c3cccc(Br)c3)C(=O)[C@H]2[C@@H]2C=CC=NN21. The van der Waals surface area contributed by atoms with Gasteiger partial charge in [0.1, 0.15) is 6.04 Å². The predicted octanol–water partition coefficient (Wildman–Crippen LogP) is 2.78. The number of rotatable bonds is 2. The lowest BCUT2D eigenvalue weighted by molar-refractivity contribution is -0.136. The summed E-state index contributed by atoms with van der Waals surface area (Å²) < 4.78 is 0.781. The molecule has 4 rings (SSSR count). The number of carbonyl (C=O) groups is 3. The number of hydrogen-bond acceptors (Lipinski definition) is 5. The van der Waals surface area contributed by atoms with Crippen molar-refractivity contribution >= 4 is 45.4 Å². The van der Waals surface area contributed by atoms with Crippen LogP contribution in [-0.2, 0) is 14.4 Å². The molecule has 0 spiro atoms. The first-order valence-electron chi connectivity index (χ1n) is 8.88. The van der Waals surface area contributed by atoms with Gasteiger partial charge in [-0.05, 0) is 24.3 Å². The Labute approximate surface area is 166 Å². The first kappa shape index (κ1) is 18.1. The van der Waals surface area contributed by atoms with Crippen molar-refractivity contribution < 1.29 is 14.4 Å². The lowest BCUT2D eigenvalue weighted by atomic mass is 9.80. The Hall–Kier alpha value is -2.28. The quantitative estimate of drug-likeness (QED) is 0.677. The van der Waals surface area contributed by atoms with Gasteiger partial charge in [-0.2, -0.15) is 5.10 Å². The molecule has 0 N–H and O–H groups in total. The molecule has 3 aliphatic rings. The second-order valence-corrected chi connectivity index (χ2v) is 9.04. The van der Waals surface area contributed by atoms with Gasteiger partial charge in [-0.25, -0.2) is 4.90 Å². The number of benzene rings is 1. The summed E-state index contributed by atoms with van der Waals surface area (Å²) in [6.07, 6.45) is 5.22. The number of hydrazone groups is 1. The Morgan fingerprint density at radius 2 is 1.85 bits per heavy atom. The van der Waals surface area contributed by atoms with Crippen LogP contribution < -0.4 is 4.90 Å². The van der Waals surface area contributed by atoms with Crippen LogP contribution in [0.1, 0.15) is 20.8 Å². The minimum atomic E-state index is -0.741. The van der Waals surface area contributed by atoms with Gasteiger partial charge in [0.25, 0.3) is 0 Å². The summed E-state index contributed by atoms with van der Waals surface area (Å²) in [6, 6.07) is 5.96. The van der Waals surface area contributed by atoms with Crippen LogP contribution in [0.3, 0.4) is 0 Å².